The van der Waals surface area contributed by atoms with E-state index in [-0.39, 0.29) is 11.7 Å². The van der Waals surface area contributed by atoms with Gasteiger partial charge in [-0.25, -0.2) is 4.39 Å². The molecule has 0 radical (unpaired) electrons. The normalized spacial score (nSPS) is 10.2. The van der Waals surface area contributed by atoms with Crippen LogP contribution in [0.1, 0.15) is 25.5 Å². The van der Waals surface area contributed by atoms with Gasteiger partial charge in [0.05, 0.1) is 11.9 Å². The molecule has 0 aliphatic heterocycles. The molecule has 0 aromatic carbocycles. The van der Waals surface area contributed by atoms with Crippen molar-refractivity contribution < 1.29 is 4.39 Å². The van der Waals surface area contributed by atoms with Crippen LogP contribution in [0.3, 0.4) is 0 Å². The summed E-state index contributed by atoms with van der Waals surface area (Å²) in [6.45, 7) is 4.15. The van der Waals surface area contributed by atoms with Gasteiger partial charge in [0.15, 0.2) is 5.82 Å². The maximum Gasteiger partial charge on any atom is 0.164 e. The Bertz CT molecular complexity index is 307. The molecular formula is C9H11FN2. The zero-order valence-corrected chi connectivity index (χ0v) is 7.21. The van der Waals surface area contributed by atoms with Gasteiger partial charge in [0, 0.05) is 0 Å². The molecule has 1 aromatic rings. The maximum atomic E-state index is 13.0. The average Bonchev–Trinajstić information content (AvgIpc) is 2.32. The average molecular weight is 166 g/mol. The molecule has 0 fully saturated rings. The van der Waals surface area contributed by atoms with Crippen molar-refractivity contribution in [2.45, 2.75) is 26.3 Å². The van der Waals surface area contributed by atoms with Gasteiger partial charge < -0.3 is 0 Å². The lowest BCUT2D eigenvalue weighted by atomic mass is 10.1. The van der Waals surface area contributed by atoms with Crippen LogP contribution in [0.5, 0.6) is 0 Å². The first-order valence-corrected chi connectivity index (χ1v) is 3.81. The van der Waals surface area contributed by atoms with E-state index >= 15 is 0 Å². The van der Waals surface area contributed by atoms with E-state index < -0.39 is 0 Å². The highest BCUT2D eigenvalue weighted by Gasteiger charge is 2.12. The predicted octanol–water partition coefficient (Wildman–Crippen LogP) is 1.78. The number of nitrogens with zero attached hydrogens (tertiary/aromatic N) is 2. The van der Waals surface area contributed by atoms with E-state index in [9.17, 15) is 4.39 Å². The Labute approximate surface area is 71.4 Å². The summed E-state index contributed by atoms with van der Waals surface area (Å²) in [6, 6.07) is 0. The van der Waals surface area contributed by atoms with Gasteiger partial charge >= 0.3 is 0 Å². The van der Waals surface area contributed by atoms with Crippen LogP contribution in [0.15, 0.2) is 6.20 Å². The highest BCUT2D eigenvalue weighted by atomic mass is 19.1. The molecule has 1 rings (SSSR count). The van der Waals surface area contributed by atoms with Gasteiger partial charge in [0.25, 0.3) is 0 Å². The Morgan fingerprint density at radius 2 is 2.42 bits per heavy atom. The van der Waals surface area contributed by atoms with Gasteiger partial charge in [0.2, 0.25) is 0 Å². The van der Waals surface area contributed by atoms with Gasteiger partial charge in [-0.05, 0) is 5.92 Å². The number of hydrogen-bond donors (Lipinski definition) is 0. The van der Waals surface area contributed by atoms with E-state index in [0.29, 0.717) is 12.2 Å². The largest absolute Gasteiger partial charge is 0.254 e. The van der Waals surface area contributed by atoms with E-state index in [1.165, 1.54) is 10.9 Å². The molecule has 0 spiro atoms. The summed E-state index contributed by atoms with van der Waals surface area (Å²) in [7, 11) is 0. The number of aromatic nitrogens is 2. The molecule has 0 aliphatic rings. The Balaban J connectivity index is 3.05. The summed E-state index contributed by atoms with van der Waals surface area (Å²) in [4.78, 5) is 0. The minimum atomic E-state index is -0.278. The molecule has 1 aromatic heterocycles. The highest BCUT2D eigenvalue weighted by Crippen LogP contribution is 2.17. The molecule has 0 atom stereocenters. The molecule has 0 N–H and O–H groups in total. The van der Waals surface area contributed by atoms with Crippen LogP contribution in [-0.2, 0) is 6.54 Å². The molecule has 0 unspecified atom stereocenters. The van der Waals surface area contributed by atoms with Crippen LogP contribution in [0, 0.1) is 18.2 Å². The van der Waals surface area contributed by atoms with Crippen molar-refractivity contribution in [2.24, 2.45) is 0 Å². The molecule has 1 heterocycles. The third-order valence-electron chi connectivity index (χ3n) is 1.62. The third kappa shape index (κ3) is 1.48. The zero-order chi connectivity index (χ0) is 9.14. The molecule has 0 aliphatic carbocycles. The topological polar surface area (TPSA) is 17.8 Å². The molecule has 0 amide bonds. The maximum absolute atomic E-state index is 13.0. The number of hydrogen-bond acceptors (Lipinski definition) is 1. The first-order valence-electron chi connectivity index (χ1n) is 3.81. The smallest absolute Gasteiger partial charge is 0.164 e. The second-order valence-corrected chi connectivity index (χ2v) is 2.89. The van der Waals surface area contributed by atoms with Gasteiger partial charge in [-0.3, -0.25) is 4.68 Å². The Morgan fingerprint density at radius 1 is 1.75 bits per heavy atom. The first-order chi connectivity index (χ1) is 5.66. The van der Waals surface area contributed by atoms with Crippen molar-refractivity contribution in [3.8, 4) is 12.3 Å². The van der Waals surface area contributed by atoms with Gasteiger partial charge in [-0.2, -0.15) is 5.10 Å². The third-order valence-corrected chi connectivity index (χ3v) is 1.62. The number of halogens is 1. The molecule has 2 nitrogen and oxygen atoms in total. The van der Waals surface area contributed by atoms with E-state index in [1.807, 2.05) is 13.8 Å². The van der Waals surface area contributed by atoms with E-state index in [2.05, 4.69) is 11.0 Å². The lowest BCUT2D eigenvalue weighted by Gasteiger charge is -2.06. The van der Waals surface area contributed by atoms with Crippen molar-refractivity contribution in [3.05, 3.63) is 17.7 Å². The molecule has 0 saturated heterocycles. The highest BCUT2D eigenvalue weighted by molar-refractivity contribution is 5.10. The molecule has 64 valence electrons. The molecular weight excluding hydrogens is 155 g/mol. The van der Waals surface area contributed by atoms with Crippen LogP contribution >= 0.6 is 0 Å². The van der Waals surface area contributed by atoms with Crippen molar-refractivity contribution in [3.63, 3.8) is 0 Å². The van der Waals surface area contributed by atoms with Gasteiger partial charge in [-0.15, -0.1) is 6.42 Å². The monoisotopic (exact) mass is 166 g/mol. The van der Waals surface area contributed by atoms with E-state index in [1.54, 1.807) is 0 Å². The fraction of sp³-hybridized carbons (Fsp3) is 0.444. The molecule has 0 bridgehead atoms. The second kappa shape index (κ2) is 3.40. The lowest BCUT2D eigenvalue weighted by Crippen LogP contribution is -2.05. The second-order valence-electron chi connectivity index (χ2n) is 2.89. The van der Waals surface area contributed by atoms with Crippen molar-refractivity contribution in [2.75, 3.05) is 0 Å². The number of rotatable bonds is 2. The fourth-order valence-electron chi connectivity index (χ4n) is 1.16. The zero-order valence-electron chi connectivity index (χ0n) is 7.21. The van der Waals surface area contributed by atoms with Crippen molar-refractivity contribution >= 4 is 0 Å². The molecule has 3 heteroatoms. The van der Waals surface area contributed by atoms with Gasteiger partial charge in [0.1, 0.15) is 6.54 Å². The summed E-state index contributed by atoms with van der Waals surface area (Å²) in [5.41, 5.74) is 0.577. The summed E-state index contributed by atoms with van der Waals surface area (Å²) in [5, 5.41) is 3.83. The summed E-state index contributed by atoms with van der Waals surface area (Å²) < 4.78 is 14.5. The van der Waals surface area contributed by atoms with Crippen LogP contribution < -0.4 is 0 Å². The summed E-state index contributed by atoms with van der Waals surface area (Å²) in [6.07, 6.45) is 6.31. The quantitative estimate of drug-likeness (QED) is 0.612. The van der Waals surface area contributed by atoms with Crippen molar-refractivity contribution in [1.29, 1.82) is 0 Å². The van der Waals surface area contributed by atoms with Crippen LogP contribution in [0.4, 0.5) is 4.39 Å². The standard InChI is InChI=1S/C9H11FN2/c1-4-5-12-9(7(2)3)8(10)6-11-12/h1,6-7H,5H2,2-3H3. The van der Waals surface area contributed by atoms with Gasteiger partial charge in [-0.1, -0.05) is 19.8 Å². The fourth-order valence-corrected chi connectivity index (χ4v) is 1.16. The first kappa shape index (κ1) is 8.79. The minimum absolute atomic E-state index is 0.112. The Hall–Kier alpha value is -1.30. The number of terminal acetylenes is 1. The van der Waals surface area contributed by atoms with Crippen LogP contribution in [0.25, 0.3) is 0 Å². The van der Waals surface area contributed by atoms with Crippen molar-refractivity contribution in [1.82, 2.24) is 9.78 Å². The molecule has 12 heavy (non-hydrogen) atoms. The minimum Gasteiger partial charge on any atom is -0.254 e. The van der Waals surface area contributed by atoms with E-state index in [0.717, 1.165) is 0 Å². The van der Waals surface area contributed by atoms with Crippen LogP contribution in [0.2, 0.25) is 0 Å². The summed E-state index contributed by atoms with van der Waals surface area (Å²) >= 11 is 0. The van der Waals surface area contributed by atoms with E-state index in [4.69, 9.17) is 6.42 Å². The Kier molecular flexibility index (Phi) is 2.49. The Morgan fingerprint density at radius 3 is 2.92 bits per heavy atom. The molecule has 0 saturated carbocycles. The lowest BCUT2D eigenvalue weighted by molar-refractivity contribution is 0.567. The SMILES string of the molecule is C#CCn1ncc(F)c1C(C)C. The summed E-state index contributed by atoms with van der Waals surface area (Å²) in [5.74, 6) is 2.26. The van der Waals surface area contributed by atoms with Crippen LogP contribution in [-0.4, -0.2) is 9.78 Å². The predicted molar refractivity (Wildman–Crippen MR) is 45.1 cm³/mol.